The number of methoxy groups -OCH3 is 1. The zero-order valence-electron chi connectivity index (χ0n) is 11.7. The fourth-order valence-corrected chi connectivity index (χ4v) is 2.25. The van der Waals surface area contributed by atoms with Crippen LogP contribution in [0.5, 0.6) is 11.5 Å². The summed E-state index contributed by atoms with van der Waals surface area (Å²) in [4.78, 5) is 12.5. The Labute approximate surface area is 125 Å². The number of benzene rings is 2. The van der Waals surface area contributed by atoms with E-state index >= 15 is 0 Å². The molecule has 0 saturated carbocycles. The standard InChI is InChI=1S/C17H12F2O3/c1-21-13-4-5-16-14(8-13)17(20)11(9-22-16)6-10-2-3-12(18)7-15(10)19/h2-8H,9H2,1H3/b11-6+. The van der Waals surface area contributed by atoms with Gasteiger partial charge >= 0.3 is 0 Å². The van der Waals surface area contributed by atoms with Crippen molar-refractivity contribution in [2.45, 2.75) is 0 Å². The van der Waals surface area contributed by atoms with E-state index in [2.05, 4.69) is 0 Å². The average molecular weight is 302 g/mol. The van der Waals surface area contributed by atoms with Crippen molar-refractivity contribution in [3.8, 4) is 11.5 Å². The Morgan fingerprint density at radius 2 is 2.00 bits per heavy atom. The summed E-state index contributed by atoms with van der Waals surface area (Å²) >= 11 is 0. The molecule has 0 aromatic heterocycles. The second-order valence-corrected chi connectivity index (χ2v) is 4.82. The third-order valence-corrected chi connectivity index (χ3v) is 3.40. The first-order chi connectivity index (χ1) is 10.6. The fraction of sp³-hybridized carbons (Fsp3) is 0.118. The van der Waals surface area contributed by atoms with Crippen LogP contribution in [0.3, 0.4) is 0 Å². The van der Waals surface area contributed by atoms with E-state index in [0.29, 0.717) is 22.6 Å². The molecule has 0 atom stereocenters. The van der Waals surface area contributed by atoms with Gasteiger partial charge in [0.2, 0.25) is 0 Å². The molecule has 0 saturated heterocycles. The lowest BCUT2D eigenvalue weighted by atomic mass is 9.98. The number of carbonyl (C=O) groups is 1. The van der Waals surface area contributed by atoms with Crippen molar-refractivity contribution in [3.05, 3.63) is 64.7 Å². The van der Waals surface area contributed by atoms with E-state index < -0.39 is 11.6 Å². The molecule has 0 spiro atoms. The number of ketones is 1. The molecule has 0 fully saturated rings. The first-order valence-corrected chi connectivity index (χ1v) is 6.59. The number of Topliss-reactive ketones (excluding diaryl/α,β-unsaturated/α-hetero) is 1. The Morgan fingerprint density at radius 1 is 1.18 bits per heavy atom. The van der Waals surface area contributed by atoms with E-state index in [9.17, 15) is 13.6 Å². The van der Waals surface area contributed by atoms with Gasteiger partial charge < -0.3 is 9.47 Å². The van der Waals surface area contributed by atoms with Crippen molar-refractivity contribution in [3.63, 3.8) is 0 Å². The Bertz CT molecular complexity index is 781. The summed E-state index contributed by atoms with van der Waals surface area (Å²) in [5.41, 5.74) is 0.797. The predicted molar refractivity (Wildman–Crippen MR) is 77.2 cm³/mol. The summed E-state index contributed by atoms with van der Waals surface area (Å²) in [6.07, 6.45) is 1.37. The lowest BCUT2D eigenvalue weighted by Gasteiger charge is -2.19. The monoisotopic (exact) mass is 302 g/mol. The molecule has 1 aliphatic heterocycles. The SMILES string of the molecule is COc1ccc2c(c1)C(=O)/C(=C/c1ccc(F)cc1F)CO2. The van der Waals surface area contributed by atoms with Gasteiger partial charge in [0.1, 0.15) is 29.7 Å². The molecule has 0 unspecified atom stereocenters. The van der Waals surface area contributed by atoms with Crippen LogP contribution in [-0.4, -0.2) is 19.5 Å². The van der Waals surface area contributed by atoms with E-state index in [1.54, 1.807) is 18.2 Å². The van der Waals surface area contributed by atoms with Crippen LogP contribution >= 0.6 is 0 Å². The maximum Gasteiger partial charge on any atom is 0.196 e. The van der Waals surface area contributed by atoms with Crippen molar-refractivity contribution >= 4 is 11.9 Å². The highest BCUT2D eigenvalue weighted by molar-refractivity contribution is 6.14. The Kier molecular flexibility index (Phi) is 3.63. The average Bonchev–Trinajstić information content (AvgIpc) is 2.52. The van der Waals surface area contributed by atoms with E-state index in [1.165, 1.54) is 19.3 Å². The summed E-state index contributed by atoms with van der Waals surface area (Å²) in [5.74, 6) is -0.658. The minimum absolute atomic E-state index is 0.0367. The van der Waals surface area contributed by atoms with Crippen molar-refractivity contribution in [1.29, 1.82) is 0 Å². The molecule has 5 heteroatoms. The fourth-order valence-electron chi connectivity index (χ4n) is 2.25. The second-order valence-electron chi connectivity index (χ2n) is 4.82. The van der Waals surface area contributed by atoms with Gasteiger partial charge in [-0.05, 0) is 36.4 Å². The third-order valence-electron chi connectivity index (χ3n) is 3.40. The molecule has 3 nitrogen and oxygen atoms in total. The Morgan fingerprint density at radius 3 is 2.73 bits per heavy atom. The highest BCUT2D eigenvalue weighted by Crippen LogP contribution is 2.31. The van der Waals surface area contributed by atoms with Gasteiger partial charge in [0.15, 0.2) is 5.78 Å². The molecule has 1 heterocycles. The van der Waals surface area contributed by atoms with Crippen LogP contribution in [-0.2, 0) is 0 Å². The molecule has 0 N–H and O–H groups in total. The zero-order chi connectivity index (χ0) is 15.7. The van der Waals surface area contributed by atoms with E-state index in [1.807, 2.05) is 0 Å². The number of rotatable bonds is 2. The number of fused-ring (bicyclic) bond motifs is 1. The molecular weight excluding hydrogens is 290 g/mol. The quantitative estimate of drug-likeness (QED) is 0.795. The topological polar surface area (TPSA) is 35.5 Å². The summed E-state index contributed by atoms with van der Waals surface area (Å²) in [6.45, 7) is 0.0367. The second kappa shape index (κ2) is 5.60. The van der Waals surface area contributed by atoms with Crippen molar-refractivity contribution in [2.24, 2.45) is 0 Å². The van der Waals surface area contributed by atoms with Gasteiger partial charge in [0.25, 0.3) is 0 Å². The molecular formula is C17H12F2O3. The number of halogens is 2. The van der Waals surface area contributed by atoms with Gasteiger partial charge in [0, 0.05) is 17.2 Å². The maximum atomic E-state index is 13.7. The summed E-state index contributed by atoms with van der Waals surface area (Å²) in [6, 6.07) is 8.12. The number of carbonyl (C=O) groups excluding carboxylic acids is 1. The molecule has 3 rings (SSSR count). The minimum atomic E-state index is -0.725. The summed E-state index contributed by atoms with van der Waals surface area (Å²) in [7, 11) is 1.50. The Hall–Kier alpha value is -2.69. The van der Waals surface area contributed by atoms with Crippen molar-refractivity contribution in [1.82, 2.24) is 0 Å². The van der Waals surface area contributed by atoms with Crippen LogP contribution in [0, 0.1) is 11.6 Å². The molecule has 22 heavy (non-hydrogen) atoms. The lowest BCUT2D eigenvalue weighted by Crippen LogP contribution is -2.19. The molecule has 2 aromatic carbocycles. The van der Waals surface area contributed by atoms with Gasteiger partial charge in [-0.25, -0.2) is 8.78 Å². The smallest absolute Gasteiger partial charge is 0.196 e. The van der Waals surface area contributed by atoms with Gasteiger partial charge in [-0.2, -0.15) is 0 Å². The number of hydrogen-bond donors (Lipinski definition) is 0. The van der Waals surface area contributed by atoms with Crippen molar-refractivity contribution < 1.29 is 23.0 Å². The zero-order valence-corrected chi connectivity index (χ0v) is 11.7. The molecule has 0 amide bonds. The molecule has 0 bridgehead atoms. The minimum Gasteiger partial charge on any atom is -0.497 e. The first kappa shape index (κ1) is 14.3. The third kappa shape index (κ3) is 2.57. The van der Waals surface area contributed by atoms with Crippen LogP contribution in [0.4, 0.5) is 8.78 Å². The molecule has 2 aromatic rings. The normalized spacial score (nSPS) is 15.4. The highest BCUT2D eigenvalue weighted by Gasteiger charge is 2.24. The predicted octanol–water partition coefficient (Wildman–Crippen LogP) is 3.63. The first-order valence-electron chi connectivity index (χ1n) is 6.59. The largest absolute Gasteiger partial charge is 0.497 e. The number of hydrogen-bond acceptors (Lipinski definition) is 3. The summed E-state index contributed by atoms with van der Waals surface area (Å²) in [5, 5.41) is 0. The lowest BCUT2D eigenvalue weighted by molar-refractivity contribution is 0.100. The molecule has 0 radical (unpaired) electrons. The van der Waals surface area contributed by atoms with Crippen LogP contribution in [0.15, 0.2) is 42.0 Å². The van der Waals surface area contributed by atoms with E-state index in [0.717, 1.165) is 12.1 Å². The molecule has 0 aliphatic carbocycles. The van der Waals surface area contributed by atoms with Crippen molar-refractivity contribution in [2.75, 3.05) is 13.7 Å². The van der Waals surface area contributed by atoms with Crippen LogP contribution in [0.25, 0.3) is 6.08 Å². The van der Waals surface area contributed by atoms with Gasteiger partial charge in [-0.3, -0.25) is 4.79 Å². The van der Waals surface area contributed by atoms with Crippen LogP contribution in [0.1, 0.15) is 15.9 Å². The number of ether oxygens (including phenoxy) is 2. The molecule has 1 aliphatic rings. The summed E-state index contributed by atoms with van der Waals surface area (Å²) < 4.78 is 37.2. The van der Waals surface area contributed by atoms with Gasteiger partial charge in [-0.1, -0.05) is 0 Å². The van der Waals surface area contributed by atoms with Gasteiger partial charge in [0.05, 0.1) is 12.7 Å². The highest BCUT2D eigenvalue weighted by atomic mass is 19.1. The Balaban J connectivity index is 1.99. The van der Waals surface area contributed by atoms with Gasteiger partial charge in [-0.15, -0.1) is 0 Å². The maximum absolute atomic E-state index is 13.7. The van der Waals surface area contributed by atoms with E-state index in [4.69, 9.17) is 9.47 Å². The van der Waals surface area contributed by atoms with Crippen LogP contribution in [0.2, 0.25) is 0 Å². The van der Waals surface area contributed by atoms with E-state index in [-0.39, 0.29) is 18.0 Å². The molecule has 112 valence electrons. The van der Waals surface area contributed by atoms with Crippen LogP contribution < -0.4 is 9.47 Å².